The van der Waals surface area contributed by atoms with Crippen molar-refractivity contribution in [2.75, 3.05) is 13.7 Å². The molecular weight excluding hydrogens is 430 g/mol. The predicted octanol–water partition coefficient (Wildman–Crippen LogP) is 2.43. The van der Waals surface area contributed by atoms with E-state index in [1.165, 1.54) is 41.9 Å². The first-order chi connectivity index (χ1) is 14.3. The van der Waals surface area contributed by atoms with Crippen LogP contribution in [0.2, 0.25) is 5.02 Å². The van der Waals surface area contributed by atoms with E-state index in [2.05, 4.69) is 15.3 Å². The Hall–Kier alpha value is -2.75. The molecule has 1 aliphatic rings. The Morgan fingerprint density at radius 3 is 2.47 bits per heavy atom. The number of nitrogens with one attached hydrogen (secondary N) is 1. The molecular formula is C20H20ClN3O5S. The van der Waals surface area contributed by atoms with E-state index in [0.717, 1.165) is 0 Å². The van der Waals surface area contributed by atoms with Gasteiger partial charge >= 0.3 is 5.97 Å². The highest BCUT2D eigenvalue weighted by Gasteiger charge is 2.39. The molecule has 3 rings (SSSR count). The number of esters is 1. The molecule has 10 heteroatoms. The third kappa shape index (κ3) is 4.86. The molecule has 0 radical (unpaired) electrons. The molecule has 0 spiro atoms. The highest BCUT2D eigenvalue weighted by atomic mass is 35.5. The zero-order valence-corrected chi connectivity index (χ0v) is 17.7. The van der Waals surface area contributed by atoms with Gasteiger partial charge in [0.25, 0.3) is 5.91 Å². The summed E-state index contributed by atoms with van der Waals surface area (Å²) in [5, 5.41) is 4.33. The average Bonchev–Trinajstić information content (AvgIpc) is 3.25. The lowest BCUT2D eigenvalue weighted by Crippen LogP contribution is -2.44. The molecule has 30 heavy (non-hydrogen) atoms. The molecule has 2 aromatic rings. The molecule has 0 unspecified atom stereocenters. The molecule has 8 nitrogen and oxygen atoms in total. The summed E-state index contributed by atoms with van der Waals surface area (Å²) < 4.78 is 31.6. The highest BCUT2D eigenvalue weighted by molar-refractivity contribution is 7.89. The van der Waals surface area contributed by atoms with E-state index in [-0.39, 0.29) is 11.4 Å². The van der Waals surface area contributed by atoms with Crippen molar-refractivity contribution < 1.29 is 22.7 Å². The smallest absolute Gasteiger partial charge is 0.337 e. The number of hydrogen-bond donors (Lipinski definition) is 1. The van der Waals surface area contributed by atoms with Crippen LogP contribution in [-0.2, 0) is 19.6 Å². The SMILES string of the molecule is COC(=O)c1ccc(C=NNC(=O)[C@H]2CCCN2S(=O)(=O)c2ccc(Cl)cc2)cc1. The summed E-state index contributed by atoms with van der Waals surface area (Å²) in [6.07, 6.45) is 2.39. The summed E-state index contributed by atoms with van der Waals surface area (Å²) in [5.41, 5.74) is 3.44. The van der Waals surface area contributed by atoms with Crippen molar-refractivity contribution in [3.05, 3.63) is 64.7 Å². The normalized spacial score (nSPS) is 17.2. The van der Waals surface area contributed by atoms with Crippen LogP contribution in [-0.4, -0.2) is 50.5 Å². The van der Waals surface area contributed by atoms with Gasteiger partial charge in [-0.25, -0.2) is 18.6 Å². The van der Waals surface area contributed by atoms with Crippen LogP contribution < -0.4 is 5.43 Å². The Bertz CT molecular complexity index is 1050. The summed E-state index contributed by atoms with van der Waals surface area (Å²) >= 11 is 5.83. The number of halogens is 1. The van der Waals surface area contributed by atoms with E-state index in [4.69, 9.17) is 11.6 Å². The lowest BCUT2D eigenvalue weighted by molar-refractivity contribution is -0.124. The minimum atomic E-state index is -3.82. The molecule has 1 atom stereocenters. The predicted molar refractivity (Wildman–Crippen MR) is 112 cm³/mol. The van der Waals surface area contributed by atoms with E-state index >= 15 is 0 Å². The van der Waals surface area contributed by atoms with Crippen LogP contribution in [0.15, 0.2) is 58.5 Å². The van der Waals surface area contributed by atoms with Crippen LogP contribution >= 0.6 is 11.6 Å². The van der Waals surface area contributed by atoms with Gasteiger partial charge in [0.05, 0.1) is 23.8 Å². The van der Waals surface area contributed by atoms with Crippen molar-refractivity contribution in [3.63, 3.8) is 0 Å². The number of rotatable bonds is 6. The van der Waals surface area contributed by atoms with E-state index in [1.54, 1.807) is 24.3 Å². The highest BCUT2D eigenvalue weighted by Crippen LogP contribution is 2.27. The quantitative estimate of drug-likeness (QED) is 0.414. The van der Waals surface area contributed by atoms with Gasteiger partial charge in [-0.3, -0.25) is 4.79 Å². The maximum Gasteiger partial charge on any atom is 0.337 e. The summed E-state index contributed by atoms with van der Waals surface area (Å²) in [6.45, 7) is 0.252. The Morgan fingerprint density at radius 1 is 1.17 bits per heavy atom. The first kappa shape index (κ1) is 21.9. The number of amides is 1. The Balaban J connectivity index is 1.66. The van der Waals surface area contributed by atoms with Gasteiger partial charge in [-0.2, -0.15) is 9.41 Å². The van der Waals surface area contributed by atoms with E-state index in [1.807, 2.05) is 0 Å². The fourth-order valence-corrected chi connectivity index (χ4v) is 4.88. The van der Waals surface area contributed by atoms with Crippen LogP contribution in [0.1, 0.15) is 28.8 Å². The summed E-state index contributed by atoms with van der Waals surface area (Å²) in [6, 6.07) is 11.4. The maximum absolute atomic E-state index is 12.9. The zero-order valence-electron chi connectivity index (χ0n) is 16.1. The molecule has 1 N–H and O–H groups in total. The van der Waals surface area contributed by atoms with Gasteiger partial charge in [-0.05, 0) is 54.8 Å². The molecule has 1 saturated heterocycles. The number of ether oxygens (including phenoxy) is 1. The monoisotopic (exact) mass is 449 g/mol. The first-order valence-electron chi connectivity index (χ1n) is 9.11. The number of carbonyl (C=O) groups excluding carboxylic acids is 2. The number of sulfonamides is 1. The van der Waals surface area contributed by atoms with Crippen LogP contribution in [0.5, 0.6) is 0 Å². The molecule has 0 saturated carbocycles. The number of methoxy groups -OCH3 is 1. The van der Waals surface area contributed by atoms with Crippen LogP contribution in [0.4, 0.5) is 0 Å². The van der Waals surface area contributed by atoms with E-state index < -0.39 is 27.9 Å². The zero-order chi connectivity index (χ0) is 21.7. The molecule has 158 valence electrons. The van der Waals surface area contributed by atoms with Crippen molar-refractivity contribution in [1.29, 1.82) is 0 Å². The van der Waals surface area contributed by atoms with Crippen molar-refractivity contribution in [1.82, 2.24) is 9.73 Å². The number of hydrazone groups is 1. The molecule has 1 amide bonds. The molecule has 0 aliphatic carbocycles. The third-order valence-electron chi connectivity index (χ3n) is 4.65. The fraction of sp³-hybridized carbons (Fsp3) is 0.250. The second-order valence-electron chi connectivity index (χ2n) is 6.58. The van der Waals surface area contributed by atoms with Crippen molar-refractivity contribution in [2.45, 2.75) is 23.8 Å². The van der Waals surface area contributed by atoms with E-state index in [9.17, 15) is 18.0 Å². The second-order valence-corrected chi connectivity index (χ2v) is 8.90. The minimum absolute atomic E-state index is 0.0841. The fourth-order valence-electron chi connectivity index (χ4n) is 3.10. The Morgan fingerprint density at radius 2 is 1.83 bits per heavy atom. The maximum atomic E-state index is 12.9. The molecule has 0 bridgehead atoms. The van der Waals surface area contributed by atoms with Gasteiger partial charge in [0.1, 0.15) is 6.04 Å². The van der Waals surface area contributed by atoms with Gasteiger partial charge < -0.3 is 4.74 Å². The second kappa shape index (κ2) is 9.38. The van der Waals surface area contributed by atoms with Crippen LogP contribution in [0, 0.1) is 0 Å². The van der Waals surface area contributed by atoms with Gasteiger partial charge in [-0.15, -0.1) is 0 Å². The van der Waals surface area contributed by atoms with Gasteiger partial charge in [0.15, 0.2) is 0 Å². The number of hydrogen-bond acceptors (Lipinski definition) is 6. The summed E-state index contributed by atoms with van der Waals surface area (Å²) in [4.78, 5) is 24.1. The largest absolute Gasteiger partial charge is 0.465 e. The topological polar surface area (TPSA) is 105 Å². The summed E-state index contributed by atoms with van der Waals surface area (Å²) in [5.74, 6) is -0.956. The van der Waals surface area contributed by atoms with Gasteiger partial charge in [0, 0.05) is 11.6 Å². The Labute approximate surface area is 179 Å². The van der Waals surface area contributed by atoms with Crippen molar-refractivity contribution in [2.24, 2.45) is 5.10 Å². The van der Waals surface area contributed by atoms with Crippen LogP contribution in [0.25, 0.3) is 0 Å². The minimum Gasteiger partial charge on any atom is -0.465 e. The van der Waals surface area contributed by atoms with Crippen LogP contribution in [0.3, 0.4) is 0 Å². The standard InChI is InChI=1S/C20H20ClN3O5S/c1-29-20(26)15-6-4-14(5-7-15)13-22-23-19(25)18-3-2-12-24(18)30(27,28)17-10-8-16(21)9-11-17/h4-11,13,18H,2-3,12H2,1H3,(H,23,25)/t18-/m1/s1. The molecule has 0 aromatic heterocycles. The Kier molecular flexibility index (Phi) is 6.86. The molecule has 1 fully saturated rings. The number of nitrogens with zero attached hydrogens (tertiary/aromatic N) is 2. The first-order valence-corrected chi connectivity index (χ1v) is 10.9. The summed E-state index contributed by atoms with van der Waals surface area (Å²) in [7, 11) is -2.53. The molecule has 1 heterocycles. The lowest BCUT2D eigenvalue weighted by atomic mass is 10.1. The van der Waals surface area contributed by atoms with Gasteiger partial charge in [0.2, 0.25) is 10.0 Å². The number of carbonyl (C=O) groups is 2. The van der Waals surface area contributed by atoms with Crippen molar-refractivity contribution in [3.8, 4) is 0 Å². The van der Waals surface area contributed by atoms with E-state index in [0.29, 0.717) is 29.0 Å². The average molecular weight is 450 g/mol. The number of benzene rings is 2. The third-order valence-corrected chi connectivity index (χ3v) is 6.82. The van der Waals surface area contributed by atoms with Gasteiger partial charge in [-0.1, -0.05) is 23.7 Å². The van der Waals surface area contributed by atoms with Crippen molar-refractivity contribution >= 4 is 39.7 Å². The molecule has 2 aromatic carbocycles. The lowest BCUT2D eigenvalue weighted by Gasteiger charge is -2.22. The molecule has 1 aliphatic heterocycles.